The van der Waals surface area contributed by atoms with Crippen molar-refractivity contribution >= 4 is 16.1 Å². The normalized spacial score (nSPS) is 19.4. The van der Waals surface area contributed by atoms with Crippen LogP contribution in [0.2, 0.25) is 0 Å². The van der Waals surface area contributed by atoms with Gasteiger partial charge in [0.25, 0.3) is 0 Å². The third kappa shape index (κ3) is 10.8. The Kier molecular flexibility index (Phi) is 13.8. The Bertz CT molecular complexity index is 1920. The highest BCUT2D eigenvalue weighted by molar-refractivity contribution is 7.89. The van der Waals surface area contributed by atoms with Crippen molar-refractivity contribution in [3.63, 3.8) is 0 Å². The number of alkyl carbamates (subject to hydrolysis) is 1. The molecule has 0 aliphatic carbocycles. The number of amides is 1. The number of methoxy groups -OCH3 is 1. The highest BCUT2D eigenvalue weighted by Gasteiger charge is 2.44. The van der Waals surface area contributed by atoms with Gasteiger partial charge in [0, 0.05) is 19.6 Å². The molecule has 2 saturated heterocycles. The number of hydrogen-bond acceptors (Lipinski definition) is 9. The predicted molar refractivity (Wildman–Crippen MR) is 214 cm³/mol. The van der Waals surface area contributed by atoms with Crippen LogP contribution < -0.4 is 10.1 Å². The Balaban J connectivity index is 1.23. The fourth-order valence-corrected chi connectivity index (χ4v) is 9.17. The van der Waals surface area contributed by atoms with Crippen LogP contribution in [0.3, 0.4) is 0 Å². The Labute approximate surface area is 331 Å². The van der Waals surface area contributed by atoms with Crippen molar-refractivity contribution < 1.29 is 37.3 Å². The van der Waals surface area contributed by atoms with Crippen molar-refractivity contribution in [1.82, 2.24) is 14.5 Å². The number of ether oxygens (including phenoxy) is 4. The highest BCUT2D eigenvalue weighted by atomic mass is 32.2. The second-order valence-electron chi connectivity index (χ2n) is 15.6. The first kappa shape index (κ1) is 41.3. The first-order chi connectivity index (χ1) is 26.9. The number of aliphatic hydroxyl groups is 1. The lowest BCUT2D eigenvalue weighted by atomic mass is 9.82. The first-order valence-corrected chi connectivity index (χ1v) is 20.8. The number of carbonyl (C=O) groups is 1. The van der Waals surface area contributed by atoms with Gasteiger partial charge in [-0.1, -0.05) is 105 Å². The minimum Gasteiger partial charge on any atom is -0.496 e. The molecule has 0 bridgehead atoms. The molecule has 11 nitrogen and oxygen atoms in total. The molecule has 2 aliphatic heterocycles. The summed E-state index contributed by atoms with van der Waals surface area (Å²) >= 11 is 0. The molecule has 0 radical (unpaired) electrons. The fourth-order valence-electron chi connectivity index (χ4n) is 7.52. The summed E-state index contributed by atoms with van der Waals surface area (Å²) in [5, 5.41) is 13.7. The molecule has 4 aromatic rings. The van der Waals surface area contributed by atoms with E-state index in [-0.39, 0.29) is 29.4 Å². The number of nitrogens with one attached hydrogen (secondary N) is 1. The molecule has 56 heavy (non-hydrogen) atoms. The summed E-state index contributed by atoms with van der Waals surface area (Å²) in [6, 6.07) is 34.8. The molecule has 2 heterocycles. The maximum absolute atomic E-state index is 14.8. The van der Waals surface area contributed by atoms with Gasteiger partial charge in [0.1, 0.15) is 18.0 Å². The largest absolute Gasteiger partial charge is 0.496 e. The van der Waals surface area contributed by atoms with Gasteiger partial charge in [-0.05, 0) is 78.6 Å². The number of carbonyl (C=O) groups excluding carboxylic acids is 1. The number of fused-ring (bicyclic) bond motifs is 1. The number of sulfonamides is 1. The fraction of sp³-hybridized carbons (Fsp3) is 0.432. The molecule has 12 heteroatoms. The van der Waals surface area contributed by atoms with Crippen LogP contribution in [-0.2, 0) is 50.3 Å². The molecule has 0 unspecified atom stereocenters. The zero-order valence-corrected chi connectivity index (χ0v) is 33.6. The van der Waals surface area contributed by atoms with E-state index >= 15 is 0 Å². The molecular weight excluding hydrogens is 731 g/mol. The number of hydrogen-bond donors (Lipinski definition) is 2. The van der Waals surface area contributed by atoms with E-state index in [1.54, 1.807) is 31.4 Å². The molecule has 4 aromatic carbocycles. The molecule has 0 saturated carbocycles. The molecule has 6 rings (SSSR count). The minimum atomic E-state index is -4.33. The average Bonchev–Trinajstić information content (AvgIpc) is 3.81. The van der Waals surface area contributed by atoms with Gasteiger partial charge in [-0.3, -0.25) is 4.90 Å². The number of aliphatic hydroxyl groups excluding tert-OH is 1. The van der Waals surface area contributed by atoms with Gasteiger partial charge in [0.2, 0.25) is 10.0 Å². The SMILES string of the molecule is COc1ccc(S(=O)(=O)N(Cc2ccccc2)[C@H](NC(=O)O[C@@H]2CO[C@@H]3OCC[C@@H]32)[C@@H](C)O)cc1CC(C)(C)CCN(Cc1ccccc1)Cc1ccccc1. The van der Waals surface area contributed by atoms with Gasteiger partial charge in [-0.2, -0.15) is 4.31 Å². The van der Waals surface area contributed by atoms with E-state index in [1.165, 1.54) is 24.1 Å². The summed E-state index contributed by atoms with van der Waals surface area (Å²) < 4.78 is 53.4. The topological polar surface area (TPSA) is 127 Å². The van der Waals surface area contributed by atoms with Gasteiger partial charge in [0.15, 0.2) is 6.29 Å². The van der Waals surface area contributed by atoms with E-state index in [0.717, 1.165) is 35.9 Å². The standard InChI is InChI=1S/C44H55N3O8S/c1-32(48)41(45-43(49)55-40-31-54-42-38(40)22-25-53-42)47(30-35-18-12-7-13-19-35)56(50,51)37-20-21-39(52-4)36(26-37)27-44(2,3)23-24-46(28-33-14-8-5-9-15-33)29-34-16-10-6-11-17-34/h5-21,26,32,38,40-42,48H,22-25,27-31H2,1-4H3,(H,45,49)/t32-,38-,40-,41+,42+/m1/s1. The van der Waals surface area contributed by atoms with Crippen LogP contribution in [0.4, 0.5) is 4.79 Å². The third-order valence-electron chi connectivity index (χ3n) is 10.6. The molecule has 2 fully saturated rings. The number of rotatable bonds is 18. The van der Waals surface area contributed by atoms with Gasteiger partial charge >= 0.3 is 6.09 Å². The Hall–Kier alpha value is -4.30. The van der Waals surface area contributed by atoms with E-state index in [4.69, 9.17) is 18.9 Å². The smallest absolute Gasteiger partial charge is 0.408 e. The zero-order chi connectivity index (χ0) is 39.7. The minimum absolute atomic E-state index is 0.0192. The highest BCUT2D eigenvalue weighted by Crippen LogP contribution is 2.35. The second-order valence-corrected chi connectivity index (χ2v) is 17.5. The zero-order valence-electron chi connectivity index (χ0n) is 32.8. The first-order valence-electron chi connectivity index (χ1n) is 19.3. The Morgan fingerprint density at radius 2 is 1.48 bits per heavy atom. The quantitative estimate of drug-likeness (QED) is 0.106. The van der Waals surface area contributed by atoms with E-state index in [9.17, 15) is 18.3 Å². The molecule has 0 spiro atoms. The second kappa shape index (κ2) is 18.8. The Morgan fingerprint density at radius 1 is 0.893 bits per heavy atom. The van der Waals surface area contributed by atoms with Crippen LogP contribution in [0, 0.1) is 11.3 Å². The Morgan fingerprint density at radius 3 is 2.05 bits per heavy atom. The van der Waals surface area contributed by atoms with Crippen molar-refractivity contribution in [1.29, 1.82) is 0 Å². The molecule has 1 amide bonds. The van der Waals surface area contributed by atoms with Crippen LogP contribution in [0.1, 0.15) is 55.9 Å². The van der Waals surface area contributed by atoms with Gasteiger partial charge < -0.3 is 29.4 Å². The van der Waals surface area contributed by atoms with Gasteiger partial charge in [-0.15, -0.1) is 0 Å². The summed E-state index contributed by atoms with van der Waals surface area (Å²) in [5.41, 5.74) is 3.66. The maximum atomic E-state index is 14.8. The van der Waals surface area contributed by atoms with Crippen LogP contribution in [-0.4, -0.2) is 80.4 Å². The van der Waals surface area contributed by atoms with Crippen LogP contribution in [0.15, 0.2) is 114 Å². The van der Waals surface area contributed by atoms with Crippen LogP contribution in [0.5, 0.6) is 5.75 Å². The predicted octanol–water partition coefficient (Wildman–Crippen LogP) is 6.74. The number of benzene rings is 4. The van der Waals surface area contributed by atoms with Crippen molar-refractivity contribution in [3.05, 3.63) is 131 Å². The van der Waals surface area contributed by atoms with Crippen LogP contribution in [0.25, 0.3) is 0 Å². The van der Waals surface area contributed by atoms with Gasteiger partial charge in [-0.25, -0.2) is 13.2 Å². The molecule has 2 N–H and O–H groups in total. The van der Waals surface area contributed by atoms with Gasteiger partial charge in [0.05, 0.1) is 37.2 Å². The molecule has 300 valence electrons. The summed E-state index contributed by atoms with van der Waals surface area (Å²) in [6.07, 6.45) is -2.41. The molecular formula is C44H55N3O8S. The third-order valence-corrected chi connectivity index (χ3v) is 12.4. The summed E-state index contributed by atoms with van der Waals surface area (Å²) in [7, 11) is -2.75. The lowest BCUT2D eigenvalue weighted by Gasteiger charge is -2.34. The van der Waals surface area contributed by atoms with E-state index in [0.29, 0.717) is 30.8 Å². The van der Waals surface area contributed by atoms with Crippen molar-refractivity contribution in [2.75, 3.05) is 26.9 Å². The monoisotopic (exact) mass is 785 g/mol. The van der Waals surface area contributed by atoms with Crippen LogP contribution >= 0.6 is 0 Å². The summed E-state index contributed by atoms with van der Waals surface area (Å²) in [4.78, 5) is 15.8. The van der Waals surface area contributed by atoms with E-state index in [1.807, 2.05) is 30.3 Å². The molecule has 0 aromatic heterocycles. The van der Waals surface area contributed by atoms with Crippen molar-refractivity contribution in [2.45, 2.75) is 89.2 Å². The van der Waals surface area contributed by atoms with Crippen molar-refractivity contribution in [2.24, 2.45) is 11.3 Å². The van der Waals surface area contributed by atoms with Crippen molar-refractivity contribution in [3.8, 4) is 5.75 Å². The van der Waals surface area contributed by atoms with E-state index in [2.05, 4.69) is 72.6 Å². The lowest BCUT2D eigenvalue weighted by molar-refractivity contribution is -0.0907. The summed E-state index contributed by atoms with van der Waals surface area (Å²) in [5.74, 6) is 0.478. The molecule has 5 atom stereocenters. The lowest BCUT2D eigenvalue weighted by Crippen LogP contribution is -2.56. The molecule has 2 aliphatic rings. The summed E-state index contributed by atoms with van der Waals surface area (Å²) in [6.45, 7) is 8.82. The average molecular weight is 786 g/mol. The van der Waals surface area contributed by atoms with E-state index < -0.39 is 40.8 Å². The maximum Gasteiger partial charge on any atom is 0.408 e. The number of nitrogens with zero attached hydrogens (tertiary/aromatic N) is 2.